The topological polar surface area (TPSA) is 126 Å². The van der Waals surface area contributed by atoms with Crippen LogP contribution < -0.4 is 10.6 Å². The Morgan fingerprint density at radius 2 is 1.94 bits per heavy atom. The number of thioether (sulfide) groups is 1. The van der Waals surface area contributed by atoms with E-state index in [1.807, 2.05) is 0 Å². The van der Waals surface area contributed by atoms with Crippen LogP contribution in [0.25, 0.3) is 0 Å². The van der Waals surface area contributed by atoms with E-state index in [0.29, 0.717) is 28.2 Å². The molecule has 0 spiro atoms. The Bertz CT molecular complexity index is 1250. The first-order valence-electron chi connectivity index (χ1n) is 9.80. The van der Waals surface area contributed by atoms with Crippen LogP contribution in [0.4, 0.5) is 5.69 Å². The molecule has 0 saturated heterocycles. The number of carboxylic acid groups (broad SMARTS) is 1. The number of hydrogen-bond acceptors (Lipinski definition) is 6. The standard InChI is InChI=1S/C22H19Cl2N5O4S/c1-2-8-29-18(11-25-20(31)16-7-6-14(23)10-17(16)24)27-28-22(29)34-12-19(30)26-15-5-3-4-13(9-15)21(32)33/h2-7,9-10H,1,8,11-12H2,(H,25,31)(H,26,30)(H,32,33). The second-order valence-electron chi connectivity index (χ2n) is 6.83. The molecule has 34 heavy (non-hydrogen) atoms. The third-order valence-electron chi connectivity index (χ3n) is 4.41. The number of carbonyl (C=O) groups is 3. The number of hydrogen-bond donors (Lipinski definition) is 3. The average Bonchev–Trinajstić information content (AvgIpc) is 3.18. The Morgan fingerprint density at radius 1 is 1.15 bits per heavy atom. The third kappa shape index (κ3) is 6.60. The van der Waals surface area contributed by atoms with Crippen molar-refractivity contribution < 1.29 is 19.5 Å². The number of rotatable bonds is 10. The Morgan fingerprint density at radius 3 is 2.65 bits per heavy atom. The summed E-state index contributed by atoms with van der Waals surface area (Å²) in [5.74, 6) is -1.34. The summed E-state index contributed by atoms with van der Waals surface area (Å²) in [5.41, 5.74) is 0.726. The van der Waals surface area contributed by atoms with Crippen LogP contribution in [0.3, 0.4) is 0 Å². The van der Waals surface area contributed by atoms with Crippen molar-refractivity contribution >= 4 is 58.4 Å². The highest BCUT2D eigenvalue weighted by Gasteiger charge is 2.16. The fourth-order valence-electron chi connectivity index (χ4n) is 2.85. The molecule has 0 radical (unpaired) electrons. The summed E-state index contributed by atoms with van der Waals surface area (Å²) in [6.45, 7) is 4.17. The molecule has 3 rings (SSSR count). The van der Waals surface area contributed by atoms with Crippen molar-refractivity contribution in [3.63, 3.8) is 0 Å². The second-order valence-corrected chi connectivity index (χ2v) is 8.61. The number of aromatic nitrogens is 3. The van der Waals surface area contributed by atoms with Crippen molar-refractivity contribution in [2.24, 2.45) is 0 Å². The van der Waals surface area contributed by atoms with E-state index in [9.17, 15) is 14.4 Å². The van der Waals surface area contributed by atoms with Gasteiger partial charge in [0, 0.05) is 17.3 Å². The molecule has 176 valence electrons. The van der Waals surface area contributed by atoms with Crippen LogP contribution in [0.5, 0.6) is 0 Å². The van der Waals surface area contributed by atoms with Crippen LogP contribution in [-0.4, -0.2) is 43.4 Å². The molecule has 9 nitrogen and oxygen atoms in total. The van der Waals surface area contributed by atoms with Crippen molar-refractivity contribution in [1.29, 1.82) is 0 Å². The smallest absolute Gasteiger partial charge is 0.335 e. The molecule has 0 saturated carbocycles. The lowest BCUT2D eigenvalue weighted by Gasteiger charge is -2.10. The quantitative estimate of drug-likeness (QED) is 0.271. The summed E-state index contributed by atoms with van der Waals surface area (Å²) in [7, 11) is 0. The number of allylic oxidation sites excluding steroid dienone is 1. The lowest BCUT2D eigenvalue weighted by Crippen LogP contribution is -2.25. The predicted octanol–water partition coefficient (Wildman–Crippen LogP) is 4.13. The Kier molecular flexibility index (Phi) is 8.69. The number of halogens is 2. The molecule has 0 aliphatic rings. The van der Waals surface area contributed by atoms with Crippen LogP contribution in [0.1, 0.15) is 26.5 Å². The fourth-order valence-corrected chi connectivity index (χ4v) is 4.12. The van der Waals surface area contributed by atoms with Gasteiger partial charge in [-0.2, -0.15) is 0 Å². The van der Waals surface area contributed by atoms with Gasteiger partial charge in [-0.05, 0) is 36.4 Å². The molecule has 3 aromatic rings. The minimum absolute atomic E-state index is 0.0132. The number of nitrogens with zero attached hydrogens (tertiary/aromatic N) is 3. The average molecular weight is 520 g/mol. The lowest BCUT2D eigenvalue weighted by molar-refractivity contribution is -0.113. The van der Waals surface area contributed by atoms with E-state index in [-0.39, 0.29) is 34.4 Å². The van der Waals surface area contributed by atoms with Crippen LogP contribution >= 0.6 is 35.0 Å². The second kappa shape index (κ2) is 11.7. The molecule has 0 bridgehead atoms. The summed E-state index contributed by atoms with van der Waals surface area (Å²) < 4.78 is 1.72. The molecule has 0 atom stereocenters. The van der Waals surface area contributed by atoms with Crippen molar-refractivity contribution in [2.45, 2.75) is 18.2 Å². The molecule has 2 aromatic carbocycles. The van der Waals surface area contributed by atoms with Gasteiger partial charge in [-0.25, -0.2) is 4.79 Å². The minimum atomic E-state index is -1.08. The van der Waals surface area contributed by atoms with Gasteiger partial charge in [0.2, 0.25) is 5.91 Å². The summed E-state index contributed by atoms with van der Waals surface area (Å²) in [6, 6.07) is 10.5. The molecular weight excluding hydrogens is 501 g/mol. The summed E-state index contributed by atoms with van der Waals surface area (Å²) in [6.07, 6.45) is 1.65. The Balaban J connectivity index is 1.62. The Hall–Kier alpha value is -3.34. The summed E-state index contributed by atoms with van der Waals surface area (Å²) in [5, 5.41) is 23.8. The highest BCUT2D eigenvalue weighted by Crippen LogP contribution is 2.22. The van der Waals surface area contributed by atoms with E-state index in [2.05, 4.69) is 27.4 Å². The van der Waals surface area contributed by atoms with Gasteiger partial charge in [-0.3, -0.25) is 9.59 Å². The number of carbonyl (C=O) groups excluding carboxylic acids is 2. The SMILES string of the molecule is C=CCn1c(CNC(=O)c2ccc(Cl)cc2Cl)nnc1SCC(=O)Nc1cccc(C(=O)O)c1. The number of nitrogens with one attached hydrogen (secondary N) is 2. The zero-order chi connectivity index (χ0) is 24.7. The maximum atomic E-state index is 12.5. The first kappa shape index (κ1) is 25.3. The van der Waals surface area contributed by atoms with E-state index < -0.39 is 11.9 Å². The number of carboxylic acids is 1. The maximum absolute atomic E-state index is 12.5. The number of anilines is 1. The van der Waals surface area contributed by atoms with E-state index in [1.165, 1.54) is 24.3 Å². The van der Waals surface area contributed by atoms with E-state index in [1.54, 1.807) is 28.8 Å². The van der Waals surface area contributed by atoms with Gasteiger partial charge in [0.15, 0.2) is 11.0 Å². The molecule has 2 amide bonds. The highest BCUT2D eigenvalue weighted by molar-refractivity contribution is 7.99. The first-order chi connectivity index (χ1) is 16.3. The number of amides is 2. The van der Waals surface area contributed by atoms with Crippen molar-refractivity contribution in [2.75, 3.05) is 11.1 Å². The van der Waals surface area contributed by atoms with Gasteiger partial charge < -0.3 is 20.3 Å². The predicted molar refractivity (Wildman–Crippen MR) is 131 cm³/mol. The van der Waals surface area contributed by atoms with Gasteiger partial charge in [0.1, 0.15) is 0 Å². The van der Waals surface area contributed by atoms with Gasteiger partial charge in [0.25, 0.3) is 5.91 Å². The largest absolute Gasteiger partial charge is 0.478 e. The van der Waals surface area contributed by atoms with Crippen LogP contribution in [0.2, 0.25) is 10.0 Å². The van der Waals surface area contributed by atoms with Crippen LogP contribution in [-0.2, 0) is 17.9 Å². The van der Waals surface area contributed by atoms with Crippen LogP contribution in [0.15, 0.2) is 60.3 Å². The zero-order valence-electron chi connectivity index (χ0n) is 17.6. The highest BCUT2D eigenvalue weighted by atomic mass is 35.5. The van der Waals surface area contributed by atoms with Gasteiger partial charge in [-0.1, -0.05) is 47.1 Å². The molecule has 0 unspecified atom stereocenters. The lowest BCUT2D eigenvalue weighted by atomic mass is 10.2. The molecular formula is C22H19Cl2N5O4S. The molecule has 0 fully saturated rings. The molecule has 1 heterocycles. The summed E-state index contributed by atoms with van der Waals surface area (Å²) >= 11 is 13.1. The molecule has 3 N–H and O–H groups in total. The summed E-state index contributed by atoms with van der Waals surface area (Å²) in [4.78, 5) is 35.9. The Labute approximate surface area is 209 Å². The van der Waals surface area contributed by atoms with Crippen molar-refractivity contribution in [1.82, 2.24) is 20.1 Å². The number of aromatic carboxylic acids is 1. The van der Waals surface area contributed by atoms with Crippen molar-refractivity contribution in [3.8, 4) is 0 Å². The molecule has 0 aliphatic carbocycles. The molecule has 1 aromatic heterocycles. The zero-order valence-corrected chi connectivity index (χ0v) is 20.0. The maximum Gasteiger partial charge on any atom is 0.335 e. The molecule has 0 aliphatic heterocycles. The normalized spacial score (nSPS) is 10.5. The van der Waals surface area contributed by atoms with E-state index >= 15 is 0 Å². The van der Waals surface area contributed by atoms with Gasteiger partial charge in [0.05, 0.1) is 28.4 Å². The van der Waals surface area contributed by atoms with Crippen molar-refractivity contribution in [3.05, 3.63) is 82.1 Å². The van der Waals surface area contributed by atoms with E-state index in [4.69, 9.17) is 28.3 Å². The van der Waals surface area contributed by atoms with E-state index in [0.717, 1.165) is 11.8 Å². The first-order valence-corrected chi connectivity index (χ1v) is 11.5. The fraction of sp³-hybridized carbons (Fsp3) is 0.136. The molecule has 12 heteroatoms. The number of benzene rings is 2. The van der Waals surface area contributed by atoms with Gasteiger partial charge >= 0.3 is 5.97 Å². The third-order valence-corrected chi connectivity index (χ3v) is 5.93. The van der Waals surface area contributed by atoms with Gasteiger partial charge in [-0.15, -0.1) is 16.8 Å². The monoisotopic (exact) mass is 519 g/mol. The van der Waals surface area contributed by atoms with Crippen LogP contribution in [0, 0.1) is 0 Å². The minimum Gasteiger partial charge on any atom is -0.478 e.